The molecule has 0 aliphatic rings. The summed E-state index contributed by atoms with van der Waals surface area (Å²) in [7, 11) is 0. The molecule has 0 atom stereocenters. The third-order valence-corrected chi connectivity index (χ3v) is 4.29. The van der Waals surface area contributed by atoms with Crippen LogP contribution >= 0.6 is 23.4 Å². The first kappa shape index (κ1) is 17.3. The standard InChI is InChI=1S/C17H15ClN4O2S/c18-13-8-6-12(7-9-13)11-25-17-20-16(21-22-17)19-15(23)10-24-14-4-2-1-3-5-14/h1-9H,10-11H2,(H2,19,20,21,22,23). The van der Waals surface area contributed by atoms with Crippen molar-refractivity contribution in [3.63, 3.8) is 0 Å². The smallest absolute Gasteiger partial charge is 0.264 e. The lowest BCUT2D eigenvalue weighted by atomic mass is 10.2. The van der Waals surface area contributed by atoms with Crippen molar-refractivity contribution < 1.29 is 9.53 Å². The minimum Gasteiger partial charge on any atom is -0.484 e. The number of hydrogen-bond donors (Lipinski definition) is 2. The Balaban J connectivity index is 1.46. The lowest BCUT2D eigenvalue weighted by Gasteiger charge is -2.04. The molecule has 2 aromatic carbocycles. The van der Waals surface area contributed by atoms with Crippen LogP contribution in [0.2, 0.25) is 5.02 Å². The third kappa shape index (κ3) is 5.51. The number of benzene rings is 2. The number of nitrogens with zero attached hydrogens (tertiary/aromatic N) is 2. The fraction of sp³-hybridized carbons (Fsp3) is 0.118. The number of rotatable bonds is 7. The summed E-state index contributed by atoms with van der Waals surface area (Å²) in [5, 5.41) is 10.6. The molecular weight excluding hydrogens is 360 g/mol. The molecule has 1 heterocycles. The number of para-hydroxylation sites is 1. The monoisotopic (exact) mass is 374 g/mol. The first-order chi connectivity index (χ1) is 12.2. The van der Waals surface area contributed by atoms with Gasteiger partial charge in [-0.2, -0.15) is 4.98 Å². The molecule has 25 heavy (non-hydrogen) atoms. The van der Waals surface area contributed by atoms with Crippen molar-refractivity contribution in [2.24, 2.45) is 0 Å². The summed E-state index contributed by atoms with van der Waals surface area (Å²) in [6.45, 7) is -0.0992. The van der Waals surface area contributed by atoms with Gasteiger partial charge in [0.1, 0.15) is 5.75 Å². The first-order valence-corrected chi connectivity index (χ1v) is 8.83. The highest BCUT2D eigenvalue weighted by Gasteiger charge is 2.09. The molecule has 1 amide bonds. The highest BCUT2D eigenvalue weighted by Crippen LogP contribution is 2.21. The van der Waals surface area contributed by atoms with Crippen LogP contribution in [0.15, 0.2) is 59.8 Å². The van der Waals surface area contributed by atoms with Gasteiger partial charge in [0.2, 0.25) is 11.1 Å². The third-order valence-electron chi connectivity index (χ3n) is 3.12. The minimum absolute atomic E-state index is 0.0992. The van der Waals surface area contributed by atoms with Gasteiger partial charge in [-0.05, 0) is 29.8 Å². The minimum atomic E-state index is -0.311. The van der Waals surface area contributed by atoms with E-state index in [1.54, 1.807) is 12.1 Å². The maximum Gasteiger partial charge on any atom is 0.264 e. The maximum atomic E-state index is 11.9. The predicted molar refractivity (Wildman–Crippen MR) is 98.0 cm³/mol. The quantitative estimate of drug-likeness (QED) is 0.615. The topological polar surface area (TPSA) is 79.9 Å². The van der Waals surface area contributed by atoms with Crippen molar-refractivity contribution >= 4 is 35.2 Å². The summed E-state index contributed by atoms with van der Waals surface area (Å²) in [6.07, 6.45) is 0. The van der Waals surface area contributed by atoms with E-state index in [1.165, 1.54) is 11.8 Å². The molecule has 3 rings (SSSR count). The largest absolute Gasteiger partial charge is 0.484 e. The number of hydrogen-bond acceptors (Lipinski definition) is 5. The number of aromatic nitrogens is 3. The average molecular weight is 375 g/mol. The fourth-order valence-corrected chi connectivity index (χ4v) is 2.81. The van der Waals surface area contributed by atoms with Crippen molar-refractivity contribution in [2.75, 3.05) is 11.9 Å². The van der Waals surface area contributed by atoms with Crippen molar-refractivity contribution in [3.05, 3.63) is 65.2 Å². The normalized spacial score (nSPS) is 10.4. The number of halogens is 1. The summed E-state index contributed by atoms with van der Waals surface area (Å²) in [5.74, 6) is 1.32. The molecule has 2 N–H and O–H groups in total. The van der Waals surface area contributed by atoms with Crippen LogP contribution in [-0.2, 0) is 10.5 Å². The Bertz CT molecular complexity index is 824. The number of anilines is 1. The van der Waals surface area contributed by atoms with E-state index in [1.807, 2.05) is 42.5 Å². The fourth-order valence-electron chi connectivity index (χ4n) is 1.93. The number of aromatic amines is 1. The Morgan fingerprint density at radius 2 is 1.92 bits per heavy atom. The molecule has 3 aromatic rings. The molecule has 0 aliphatic carbocycles. The molecule has 8 heteroatoms. The van der Waals surface area contributed by atoms with Crippen LogP contribution in [0.1, 0.15) is 5.56 Å². The van der Waals surface area contributed by atoms with Gasteiger partial charge in [-0.3, -0.25) is 10.1 Å². The van der Waals surface area contributed by atoms with Gasteiger partial charge in [0, 0.05) is 10.8 Å². The van der Waals surface area contributed by atoms with Crippen LogP contribution in [0.3, 0.4) is 0 Å². The van der Waals surface area contributed by atoms with E-state index in [0.29, 0.717) is 27.6 Å². The van der Waals surface area contributed by atoms with Gasteiger partial charge in [0.05, 0.1) is 0 Å². The van der Waals surface area contributed by atoms with Crippen molar-refractivity contribution in [2.45, 2.75) is 10.9 Å². The number of thioether (sulfide) groups is 1. The van der Waals surface area contributed by atoms with E-state index in [4.69, 9.17) is 16.3 Å². The van der Waals surface area contributed by atoms with Gasteiger partial charge in [-0.25, -0.2) is 5.10 Å². The van der Waals surface area contributed by atoms with Crippen LogP contribution in [0, 0.1) is 0 Å². The number of nitrogens with one attached hydrogen (secondary N) is 2. The van der Waals surface area contributed by atoms with Gasteiger partial charge < -0.3 is 4.74 Å². The number of carbonyl (C=O) groups is 1. The van der Waals surface area contributed by atoms with Crippen LogP contribution < -0.4 is 10.1 Å². The molecule has 0 aliphatic heterocycles. The van der Waals surface area contributed by atoms with E-state index >= 15 is 0 Å². The Kier molecular flexibility index (Phi) is 5.92. The molecule has 0 radical (unpaired) electrons. The molecule has 0 unspecified atom stereocenters. The van der Waals surface area contributed by atoms with Crippen LogP contribution in [0.25, 0.3) is 0 Å². The lowest BCUT2D eigenvalue weighted by Crippen LogP contribution is -2.20. The van der Waals surface area contributed by atoms with Gasteiger partial charge in [-0.1, -0.05) is 53.7 Å². The molecule has 1 aromatic heterocycles. The summed E-state index contributed by atoms with van der Waals surface area (Å²) in [6, 6.07) is 16.7. The average Bonchev–Trinajstić information content (AvgIpc) is 3.08. The van der Waals surface area contributed by atoms with E-state index in [2.05, 4.69) is 20.5 Å². The van der Waals surface area contributed by atoms with E-state index in [9.17, 15) is 4.79 Å². The zero-order valence-corrected chi connectivity index (χ0v) is 14.7. The maximum absolute atomic E-state index is 11.9. The zero-order valence-electron chi connectivity index (χ0n) is 13.1. The summed E-state index contributed by atoms with van der Waals surface area (Å²) in [4.78, 5) is 16.1. The Labute approximate surface area is 154 Å². The molecular formula is C17H15ClN4O2S. The SMILES string of the molecule is O=C(COc1ccccc1)Nc1nc(SCc2ccc(Cl)cc2)n[nH]1. The summed E-state index contributed by atoms with van der Waals surface area (Å²) in [5.41, 5.74) is 1.11. The second-order valence-electron chi connectivity index (χ2n) is 5.03. The second kappa shape index (κ2) is 8.55. The van der Waals surface area contributed by atoms with Crippen molar-refractivity contribution in [1.82, 2.24) is 15.2 Å². The molecule has 0 fully saturated rings. The highest BCUT2D eigenvalue weighted by molar-refractivity contribution is 7.98. The number of carbonyl (C=O) groups excluding carboxylic acids is 1. The second-order valence-corrected chi connectivity index (χ2v) is 6.41. The van der Waals surface area contributed by atoms with Gasteiger partial charge in [0.15, 0.2) is 6.61 Å². The van der Waals surface area contributed by atoms with E-state index in [0.717, 1.165) is 5.56 Å². The molecule has 0 spiro atoms. The Morgan fingerprint density at radius 3 is 2.68 bits per heavy atom. The number of amides is 1. The van der Waals surface area contributed by atoms with E-state index < -0.39 is 0 Å². The van der Waals surface area contributed by atoms with Gasteiger partial charge >= 0.3 is 0 Å². The Morgan fingerprint density at radius 1 is 1.16 bits per heavy atom. The van der Waals surface area contributed by atoms with E-state index in [-0.39, 0.29) is 12.5 Å². The molecule has 6 nitrogen and oxygen atoms in total. The lowest BCUT2D eigenvalue weighted by molar-refractivity contribution is -0.118. The molecule has 0 saturated carbocycles. The highest BCUT2D eigenvalue weighted by atomic mass is 35.5. The molecule has 0 bridgehead atoms. The summed E-state index contributed by atoms with van der Waals surface area (Å²) < 4.78 is 5.37. The molecule has 128 valence electrons. The van der Waals surface area contributed by atoms with Crippen molar-refractivity contribution in [3.8, 4) is 5.75 Å². The van der Waals surface area contributed by atoms with Crippen LogP contribution in [0.4, 0.5) is 5.95 Å². The summed E-state index contributed by atoms with van der Waals surface area (Å²) >= 11 is 7.32. The predicted octanol–water partition coefficient (Wildman–Crippen LogP) is 3.77. The van der Waals surface area contributed by atoms with Gasteiger partial charge in [-0.15, -0.1) is 5.10 Å². The number of ether oxygens (including phenoxy) is 1. The van der Waals surface area contributed by atoms with Crippen LogP contribution in [0.5, 0.6) is 5.75 Å². The number of H-pyrrole nitrogens is 1. The van der Waals surface area contributed by atoms with Crippen LogP contribution in [-0.4, -0.2) is 27.7 Å². The van der Waals surface area contributed by atoms with Gasteiger partial charge in [0.25, 0.3) is 5.91 Å². The first-order valence-electron chi connectivity index (χ1n) is 7.46. The van der Waals surface area contributed by atoms with Crippen molar-refractivity contribution in [1.29, 1.82) is 0 Å². The molecule has 0 saturated heterocycles. The zero-order chi connectivity index (χ0) is 17.5. The Hall–Kier alpha value is -2.51.